The summed E-state index contributed by atoms with van der Waals surface area (Å²) in [4.78, 5) is 16.6. The Labute approximate surface area is 150 Å². The topological polar surface area (TPSA) is 55.8 Å². The van der Waals surface area contributed by atoms with Crippen LogP contribution in [0, 0.1) is 5.41 Å². The molecule has 1 aromatic rings. The fraction of sp³-hybridized carbons (Fsp3) is 0.550. The lowest BCUT2D eigenvalue weighted by Crippen LogP contribution is -2.54. The van der Waals surface area contributed by atoms with Gasteiger partial charge in [-0.1, -0.05) is 48.9 Å². The molecule has 136 valence electrons. The van der Waals surface area contributed by atoms with Gasteiger partial charge in [0.25, 0.3) is 0 Å². The molecule has 1 aliphatic heterocycles. The predicted octanol–water partition coefficient (Wildman–Crippen LogP) is 2.19. The molecule has 2 fully saturated rings. The number of piperazine rings is 1. The minimum absolute atomic E-state index is 0.0132. The zero-order valence-electron chi connectivity index (χ0n) is 14.9. The van der Waals surface area contributed by atoms with E-state index in [0.29, 0.717) is 6.54 Å². The maximum absolute atomic E-state index is 12.3. The van der Waals surface area contributed by atoms with Gasteiger partial charge < -0.3 is 15.3 Å². The van der Waals surface area contributed by atoms with Crippen LogP contribution in [0.5, 0.6) is 0 Å². The average molecular weight is 343 g/mol. The van der Waals surface area contributed by atoms with Crippen molar-refractivity contribution in [1.29, 1.82) is 0 Å². The summed E-state index contributed by atoms with van der Waals surface area (Å²) in [5, 5.41) is 12.5. The van der Waals surface area contributed by atoms with Gasteiger partial charge in [0.15, 0.2) is 0 Å². The van der Waals surface area contributed by atoms with Crippen molar-refractivity contribution in [3.8, 4) is 0 Å². The van der Waals surface area contributed by atoms with Crippen molar-refractivity contribution in [3.63, 3.8) is 0 Å². The van der Waals surface area contributed by atoms with Crippen molar-refractivity contribution >= 4 is 12.1 Å². The SMILES string of the molecule is O=C(NCC1(CO)CCC1)N1CCN(C/C=C/c2ccccc2)CC1. The molecule has 5 heteroatoms. The van der Waals surface area contributed by atoms with E-state index in [0.717, 1.165) is 52.0 Å². The van der Waals surface area contributed by atoms with E-state index in [2.05, 4.69) is 34.5 Å². The predicted molar refractivity (Wildman–Crippen MR) is 100 cm³/mol. The zero-order chi connectivity index (χ0) is 17.5. The highest BCUT2D eigenvalue weighted by Crippen LogP contribution is 2.39. The van der Waals surface area contributed by atoms with Crippen LogP contribution in [0.2, 0.25) is 0 Å². The van der Waals surface area contributed by atoms with Gasteiger partial charge in [-0.05, 0) is 18.4 Å². The Morgan fingerprint density at radius 2 is 1.88 bits per heavy atom. The summed E-state index contributed by atoms with van der Waals surface area (Å²) >= 11 is 0. The minimum atomic E-state index is -0.0558. The molecule has 1 heterocycles. The summed E-state index contributed by atoms with van der Waals surface area (Å²) in [6, 6.07) is 10.3. The van der Waals surface area contributed by atoms with Crippen LogP contribution in [0.15, 0.2) is 36.4 Å². The Hall–Kier alpha value is -1.85. The van der Waals surface area contributed by atoms with E-state index in [9.17, 15) is 9.90 Å². The molecule has 1 aliphatic carbocycles. The van der Waals surface area contributed by atoms with Crippen LogP contribution in [0.1, 0.15) is 24.8 Å². The molecule has 5 nitrogen and oxygen atoms in total. The second-order valence-corrected chi connectivity index (χ2v) is 7.27. The monoisotopic (exact) mass is 343 g/mol. The van der Waals surface area contributed by atoms with Crippen LogP contribution >= 0.6 is 0 Å². The lowest BCUT2D eigenvalue weighted by atomic mass is 9.69. The molecule has 0 atom stereocenters. The normalized spacial score (nSPS) is 20.4. The first-order valence-electron chi connectivity index (χ1n) is 9.28. The number of hydrogen-bond acceptors (Lipinski definition) is 3. The van der Waals surface area contributed by atoms with E-state index >= 15 is 0 Å². The highest BCUT2D eigenvalue weighted by atomic mass is 16.3. The second-order valence-electron chi connectivity index (χ2n) is 7.27. The Balaban J connectivity index is 1.36. The molecular formula is C20H29N3O2. The minimum Gasteiger partial charge on any atom is -0.396 e. The fourth-order valence-electron chi connectivity index (χ4n) is 3.48. The van der Waals surface area contributed by atoms with Gasteiger partial charge in [0, 0.05) is 44.7 Å². The van der Waals surface area contributed by atoms with Crippen molar-refractivity contribution in [3.05, 3.63) is 42.0 Å². The van der Waals surface area contributed by atoms with E-state index in [1.165, 1.54) is 5.56 Å². The number of benzene rings is 1. The van der Waals surface area contributed by atoms with Gasteiger partial charge in [-0.25, -0.2) is 4.79 Å². The maximum atomic E-state index is 12.3. The molecule has 1 aromatic carbocycles. The Morgan fingerprint density at radius 1 is 1.16 bits per heavy atom. The van der Waals surface area contributed by atoms with E-state index < -0.39 is 0 Å². The van der Waals surface area contributed by atoms with Crippen LogP contribution in [0.4, 0.5) is 4.79 Å². The first kappa shape index (κ1) is 18.0. The summed E-state index contributed by atoms with van der Waals surface area (Å²) in [6.45, 7) is 5.01. The van der Waals surface area contributed by atoms with Gasteiger partial charge in [0.05, 0.1) is 6.61 Å². The highest BCUT2D eigenvalue weighted by molar-refractivity contribution is 5.74. The van der Waals surface area contributed by atoms with Crippen LogP contribution in [-0.4, -0.2) is 66.8 Å². The quantitative estimate of drug-likeness (QED) is 0.832. The lowest BCUT2D eigenvalue weighted by molar-refractivity contribution is 0.0449. The van der Waals surface area contributed by atoms with Gasteiger partial charge in [0.1, 0.15) is 0 Å². The first-order valence-corrected chi connectivity index (χ1v) is 9.28. The number of urea groups is 1. The van der Waals surface area contributed by atoms with E-state index in [1.54, 1.807) is 0 Å². The van der Waals surface area contributed by atoms with Crippen molar-refractivity contribution < 1.29 is 9.90 Å². The number of amides is 2. The number of carbonyl (C=O) groups is 1. The molecule has 0 unspecified atom stereocenters. The molecule has 1 saturated heterocycles. The zero-order valence-corrected chi connectivity index (χ0v) is 14.9. The Morgan fingerprint density at radius 3 is 2.48 bits per heavy atom. The summed E-state index contributed by atoms with van der Waals surface area (Å²) < 4.78 is 0. The van der Waals surface area contributed by atoms with Crippen molar-refractivity contribution in [2.24, 2.45) is 5.41 Å². The van der Waals surface area contributed by atoms with Gasteiger partial charge in [-0.3, -0.25) is 4.90 Å². The van der Waals surface area contributed by atoms with Gasteiger partial charge in [-0.15, -0.1) is 0 Å². The third kappa shape index (κ3) is 4.83. The van der Waals surface area contributed by atoms with E-state index in [1.807, 2.05) is 23.1 Å². The number of hydrogen-bond donors (Lipinski definition) is 2. The molecule has 2 N–H and O–H groups in total. The van der Waals surface area contributed by atoms with Crippen LogP contribution in [0.25, 0.3) is 6.08 Å². The third-order valence-corrected chi connectivity index (χ3v) is 5.50. The molecule has 2 aliphatic rings. The average Bonchev–Trinajstić information content (AvgIpc) is 2.62. The van der Waals surface area contributed by atoms with Crippen molar-refractivity contribution in [2.45, 2.75) is 19.3 Å². The highest BCUT2D eigenvalue weighted by Gasteiger charge is 2.37. The molecule has 25 heavy (non-hydrogen) atoms. The number of nitrogens with zero attached hydrogens (tertiary/aromatic N) is 2. The summed E-state index contributed by atoms with van der Waals surface area (Å²) in [5.74, 6) is 0. The molecule has 0 radical (unpaired) electrons. The maximum Gasteiger partial charge on any atom is 0.317 e. The van der Waals surface area contributed by atoms with E-state index in [-0.39, 0.29) is 18.1 Å². The molecule has 0 spiro atoms. The summed E-state index contributed by atoms with van der Waals surface area (Å²) in [7, 11) is 0. The third-order valence-electron chi connectivity index (χ3n) is 5.50. The van der Waals surface area contributed by atoms with Crippen molar-refractivity contribution in [2.75, 3.05) is 45.9 Å². The molecular weight excluding hydrogens is 314 g/mol. The number of rotatable bonds is 6. The summed E-state index contributed by atoms with van der Waals surface area (Å²) in [5.41, 5.74) is 1.16. The Bertz CT molecular complexity index is 570. The van der Waals surface area contributed by atoms with E-state index in [4.69, 9.17) is 0 Å². The molecule has 0 aromatic heterocycles. The van der Waals surface area contributed by atoms with Crippen LogP contribution < -0.4 is 5.32 Å². The number of carbonyl (C=O) groups excluding carboxylic acids is 1. The lowest BCUT2D eigenvalue weighted by Gasteiger charge is -2.41. The van der Waals surface area contributed by atoms with Gasteiger partial charge in [-0.2, -0.15) is 0 Å². The standard InChI is InChI=1S/C20H29N3O2/c24-17-20(9-5-10-20)16-21-19(25)23-14-12-22(13-15-23)11-4-8-18-6-2-1-3-7-18/h1-4,6-8,24H,5,9-17H2,(H,21,25)/b8-4+. The Kier molecular flexibility index (Phi) is 6.10. The van der Waals surface area contributed by atoms with Crippen LogP contribution in [0.3, 0.4) is 0 Å². The van der Waals surface area contributed by atoms with Gasteiger partial charge >= 0.3 is 6.03 Å². The molecule has 0 bridgehead atoms. The van der Waals surface area contributed by atoms with Crippen LogP contribution in [-0.2, 0) is 0 Å². The van der Waals surface area contributed by atoms with Crippen molar-refractivity contribution in [1.82, 2.24) is 15.1 Å². The fourth-order valence-corrected chi connectivity index (χ4v) is 3.48. The smallest absolute Gasteiger partial charge is 0.317 e. The van der Waals surface area contributed by atoms with Gasteiger partial charge in [0.2, 0.25) is 0 Å². The molecule has 2 amide bonds. The second kappa shape index (κ2) is 8.50. The number of aliphatic hydroxyl groups is 1. The summed E-state index contributed by atoms with van der Waals surface area (Å²) in [6.07, 6.45) is 7.53. The number of nitrogens with one attached hydrogen (secondary N) is 1. The number of aliphatic hydroxyl groups excluding tert-OH is 1. The molecule has 1 saturated carbocycles. The molecule has 3 rings (SSSR count). The first-order chi connectivity index (χ1) is 12.2. The largest absolute Gasteiger partial charge is 0.396 e.